The van der Waals surface area contributed by atoms with E-state index in [2.05, 4.69) is 5.32 Å². The van der Waals surface area contributed by atoms with Crippen LogP contribution in [0, 0.1) is 6.92 Å². The molecule has 1 fully saturated rings. The zero-order chi connectivity index (χ0) is 27.5. The maximum Gasteiger partial charge on any atom is 0.243 e. The van der Waals surface area contributed by atoms with E-state index < -0.39 is 6.04 Å². The minimum Gasteiger partial charge on any atom is -0.497 e. The first-order chi connectivity index (χ1) is 19.0. The molecule has 0 aromatic heterocycles. The molecule has 2 amide bonds. The first kappa shape index (κ1) is 28.2. The molecule has 1 aliphatic rings. The fourth-order valence-electron chi connectivity index (χ4n) is 5.08. The van der Waals surface area contributed by atoms with Crippen molar-refractivity contribution in [2.45, 2.75) is 70.5 Å². The lowest BCUT2D eigenvalue weighted by Crippen LogP contribution is -2.52. The zero-order valence-electron chi connectivity index (χ0n) is 23.1. The lowest BCUT2D eigenvalue weighted by atomic mass is 10.0. The predicted octanol–water partition coefficient (Wildman–Crippen LogP) is 5.86. The Morgan fingerprint density at radius 3 is 2.36 bits per heavy atom. The van der Waals surface area contributed by atoms with E-state index in [1.807, 2.05) is 85.8 Å². The fourth-order valence-corrected chi connectivity index (χ4v) is 5.08. The first-order valence-corrected chi connectivity index (χ1v) is 14.0. The van der Waals surface area contributed by atoms with Gasteiger partial charge in [-0.3, -0.25) is 9.59 Å². The van der Waals surface area contributed by atoms with Gasteiger partial charge in [-0.15, -0.1) is 0 Å². The molecular weight excluding hydrogens is 488 g/mol. The van der Waals surface area contributed by atoms with E-state index in [1.165, 1.54) is 5.56 Å². The van der Waals surface area contributed by atoms with Crippen molar-refractivity contribution in [1.29, 1.82) is 0 Å². The van der Waals surface area contributed by atoms with Crippen LogP contribution in [0.25, 0.3) is 0 Å². The third-order valence-corrected chi connectivity index (χ3v) is 7.28. The Balaban J connectivity index is 1.52. The summed E-state index contributed by atoms with van der Waals surface area (Å²) in [5.41, 5.74) is 3.12. The summed E-state index contributed by atoms with van der Waals surface area (Å²) >= 11 is 0. The molecule has 1 aliphatic carbocycles. The Bertz CT molecular complexity index is 1190. The van der Waals surface area contributed by atoms with Gasteiger partial charge in [-0.05, 0) is 61.6 Å². The van der Waals surface area contributed by atoms with Gasteiger partial charge in [0.25, 0.3) is 0 Å². The number of carbonyl (C=O) groups excluding carboxylic acids is 2. The highest BCUT2D eigenvalue weighted by molar-refractivity contribution is 5.88. The van der Waals surface area contributed by atoms with Gasteiger partial charge in [0.1, 0.15) is 17.5 Å². The maximum atomic E-state index is 13.8. The Labute approximate surface area is 232 Å². The van der Waals surface area contributed by atoms with Gasteiger partial charge in [0, 0.05) is 25.4 Å². The summed E-state index contributed by atoms with van der Waals surface area (Å²) in [5, 5.41) is 3.25. The summed E-state index contributed by atoms with van der Waals surface area (Å²) in [6, 6.07) is 25.1. The summed E-state index contributed by atoms with van der Waals surface area (Å²) in [6.45, 7) is 2.79. The molecule has 1 saturated carbocycles. The van der Waals surface area contributed by atoms with E-state index in [4.69, 9.17) is 9.47 Å². The Hall–Kier alpha value is -3.80. The molecule has 3 aromatic carbocycles. The molecule has 0 heterocycles. The average molecular weight is 529 g/mol. The van der Waals surface area contributed by atoms with Crippen molar-refractivity contribution in [1.82, 2.24) is 10.2 Å². The number of hydrogen-bond acceptors (Lipinski definition) is 4. The van der Waals surface area contributed by atoms with Crippen molar-refractivity contribution in [3.05, 3.63) is 95.6 Å². The largest absolute Gasteiger partial charge is 0.497 e. The number of methoxy groups -OCH3 is 1. The number of carbonyl (C=O) groups is 2. The number of benzene rings is 3. The van der Waals surface area contributed by atoms with Crippen LogP contribution in [-0.2, 0) is 22.6 Å². The number of rotatable bonds is 13. The van der Waals surface area contributed by atoms with E-state index in [0.29, 0.717) is 26.0 Å². The van der Waals surface area contributed by atoms with Gasteiger partial charge in [-0.25, -0.2) is 0 Å². The molecule has 39 heavy (non-hydrogen) atoms. The second-order valence-electron chi connectivity index (χ2n) is 10.3. The number of aryl methyl sites for hydroxylation is 1. The Kier molecular flexibility index (Phi) is 10.4. The molecule has 1 atom stereocenters. The number of amides is 2. The van der Waals surface area contributed by atoms with Gasteiger partial charge in [0.15, 0.2) is 0 Å². The topological polar surface area (TPSA) is 67.9 Å². The summed E-state index contributed by atoms with van der Waals surface area (Å²) in [4.78, 5) is 29.3. The molecule has 1 N–H and O–H groups in total. The van der Waals surface area contributed by atoms with Gasteiger partial charge in [-0.2, -0.15) is 0 Å². The highest BCUT2D eigenvalue weighted by atomic mass is 16.5. The molecule has 0 spiro atoms. The van der Waals surface area contributed by atoms with Crippen molar-refractivity contribution in [3.63, 3.8) is 0 Å². The van der Waals surface area contributed by atoms with Crippen LogP contribution in [0.5, 0.6) is 11.5 Å². The standard InChI is InChI=1S/C33H40N2O4/c1-25-17-19-29(20-18-25)39-21-9-16-32(36)35(24-27-12-8-15-30(22-27)38-2)31(23-26-10-4-3-5-11-26)33(37)34-28-13-6-7-14-28/h3-5,8,10-12,15,17-20,22,28,31H,6-7,9,13-14,16,21,23-24H2,1-2H3,(H,34,37). The van der Waals surface area contributed by atoms with Gasteiger partial charge >= 0.3 is 0 Å². The van der Waals surface area contributed by atoms with Gasteiger partial charge in [0.2, 0.25) is 11.8 Å². The van der Waals surface area contributed by atoms with Crippen LogP contribution >= 0.6 is 0 Å². The van der Waals surface area contributed by atoms with Crippen molar-refractivity contribution >= 4 is 11.8 Å². The lowest BCUT2D eigenvalue weighted by Gasteiger charge is -2.32. The average Bonchev–Trinajstić information content (AvgIpc) is 3.47. The van der Waals surface area contributed by atoms with E-state index in [9.17, 15) is 9.59 Å². The minimum absolute atomic E-state index is 0.0622. The van der Waals surface area contributed by atoms with Crippen molar-refractivity contribution in [2.24, 2.45) is 0 Å². The van der Waals surface area contributed by atoms with Gasteiger partial charge in [0.05, 0.1) is 13.7 Å². The molecule has 0 aliphatic heterocycles. The maximum absolute atomic E-state index is 13.8. The lowest BCUT2D eigenvalue weighted by molar-refractivity contribution is -0.141. The summed E-state index contributed by atoms with van der Waals surface area (Å²) in [5.74, 6) is 1.37. The second kappa shape index (κ2) is 14.4. The summed E-state index contributed by atoms with van der Waals surface area (Å²) in [7, 11) is 1.63. The smallest absolute Gasteiger partial charge is 0.243 e. The van der Waals surface area contributed by atoms with Crippen LogP contribution in [-0.4, -0.2) is 42.5 Å². The highest BCUT2D eigenvalue weighted by Gasteiger charge is 2.32. The van der Waals surface area contributed by atoms with Crippen LogP contribution in [0.15, 0.2) is 78.9 Å². The van der Waals surface area contributed by atoms with Crippen LogP contribution in [0.2, 0.25) is 0 Å². The monoisotopic (exact) mass is 528 g/mol. The summed E-state index contributed by atoms with van der Waals surface area (Å²) < 4.78 is 11.3. The van der Waals surface area contributed by atoms with E-state index in [-0.39, 0.29) is 24.3 Å². The quantitative estimate of drug-likeness (QED) is 0.282. The number of nitrogens with one attached hydrogen (secondary N) is 1. The molecule has 1 unspecified atom stereocenters. The summed E-state index contributed by atoms with van der Waals surface area (Å²) in [6.07, 6.45) is 5.54. The first-order valence-electron chi connectivity index (χ1n) is 14.0. The molecule has 6 heteroatoms. The normalized spacial score (nSPS) is 14.0. The highest BCUT2D eigenvalue weighted by Crippen LogP contribution is 2.22. The third kappa shape index (κ3) is 8.60. The second-order valence-corrected chi connectivity index (χ2v) is 10.3. The Morgan fingerprint density at radius 2 is 1.64 bits per heavy atom. The van der Waals surface area contributed by atoms with Crippen molar-refractivity contribution in [2.75, 3.05) is 13.7 Å². The van der Waals surface area contributed by atoms with Crippen LogP contribution in [0.1, 0.15) is 55.2 Å². The van der Waals surface area contributed by atoms with E-state index >= 15 is 0 Å². The molecule has 0 bridgehead atoms. The van der Waals surface area contributed by atoms with Crippen LogP contribution in [0.3, 0.4) is 0 Å². The molecule has 206 valence electrons. The zero-order valence-corrected chi connectivity index (χ0v) is 23.1. The van der Waals surface area contributed by atoms with Gasteiger partial charge < -0.3 is 19.7 Å². The predicted molar refractivity (Wildman–Crippen MR) is 154 cm³/mol. The number of ether oxygens (including phenoxy) is 2. The Morgan fingerprint density at radius 1 is 0.923 bits per heavy atom. The minimum atomic E-state index is -0.621. The van der Waals surface area contributed by atoms with E-state index in [1.54, 1.807) is 12.0 Å². The molecular formula is C33H40N2O4. The number of nitrogens with zero attached hydrogens (tertiary/aromatic N) is 1. The molecule has 0 saturated heterocycles. The molecule has 6 nitrogen and oxygen atoms in total. The van der Waals surface area contributed by atoms with Gasteiger partial charge in [-0.1, -0.05) is 73.0 Å². The van der Waals surface area contributed by atoms with Crippen LogP contribution in [0.4, 0.5) is 0 Å². The SMILES string of the molecule is COc1cccc(CN(C(=O)CCCOc2ccc(C)cc2)C(Cc2ccccc2)C(=O)NC2CCCC2)c1. The van der Waals surface area contributed by atoms with E-state index in [0.717, 1.165) is 48.3 Å². The molecule has 0 radical (unpaired) electrons. The third-order valence-electron chi connectivity index (χ3n) is 7.28. The van der Waals surface area contributed by atoms with Crippen molar-refractivity contribution in [3.8, 4) is 11.5 Å². The van der Waals surface area contributed by atoms with Crippen molar-refractivity contribution < 1.29 is 19.1 Å². The molecule has 3 aromatic rings. The van der Waals surface area contributed by atoms with Crippen LogP contribution < -0.4 is 14.8 Å². The molecule has 4 rings (SSSR count). The number of hydrogen-bond donors (Lipinski definition) is 1. The fraction of sp³-hybridized carbons (Fsp3) is 0.394.